The zero-order valence-corrected chi connectivity index (χ0v) is 15.2. The molecule has 0 amide bonds. The second-order valence-corrected chi connectivity index (χ2v) is 6.89. The van der Waals surface area contributed by atoms with E-state index in [1.807, 2.05) is 0 Å². The van der Waals surface area contributed by atoms with E-state index in [2.05, 4.69) is 5.32 Å². The van der Waals surface area contributed by atoms with Crippen molar-refractivity contribution in [2.75, 3.05) is 25.6 Å². The Morgan fingerprint density at radius 1 is 1.20 bits per heavy atom. The average molecular weight is 359 g/mol. The molecule has 6 heteroatoms. The molecular weight excluding hydrogens is 338 g/mol. The number of thiophene rings is 1. The molecule has 5 nitrogen and oxygen atoms in total. The molecule has 0 atom stereocenters. The Balaban J connectivity index is 1.74. The van der Waals surface area contributed by atoms with Gasteiger partial charge in [0.1, 0.15) is 10.8 Å². The first-order valence-electron chi connectivity index (χ1n) is 8.36. The molecule has 0 radical (unpaired) electrons. The number of hydrogen-bond acceptors (Lipinski definition) is 6. The highest BCUT2D eigenvalue weighted by molar-refractivity contribution is 7.16. The third kappa shape index (κ3) is 3.69. The Labute approximate surface area is 151 Å². The Bertz CT molecular complexity index is 779. The third-order valence-electron chi connectivity index (χ3n) is 4.22. The minimum Gasteiger partial charge on any atom is -0.497 e. The molecule has 1 aromatic carbocycles. The largest absolute Gasteiger partial charge is 0.497 e. The molecule has 132 valence electrons. The van der Waals surface area contributed by atoms with Gasteiger partial charge < -0.3 is 14.8 Å². The van der Waals surface area contributed by atoms with Gasteiger partial charge in [-0.3, -0.25) is 4.79 Å². The lowest BCUT2D eigenvalue weighted by Crippen LogP contribution is -2.16. The quantitative estimate of drug-likeness (QED) is 0.603. The van der Waals surface area contributed by atoms with Gasteiger partial charge in [0.05, 0.1) is 25.8 Å². The summed E-state index contributed by atoms with van der Waals surface area (Å²) in [4.78, 5) is 25.9. The number of methoxy groups -OCH3 is 1. The van der Waals surface area contributed by atoms with E-state index in [1.54, 1.807) is 49.6 Å². The number of anilines is 1. The molecule has 1 aliphatic rings. The van der Waals surface area contributed by atoms with Crippen LogP contribution in [0.4, 0.5) is 5.00 Å². The van der Waals surface area contributed by atoms with Crippen molar-refractivity contribution in [2.24, 2.45) is 0 Å². The summed E-state index contributed by atoms with van der Waals surface area (Å²) >= 11 is 1.56. The first-order valence-corrected chi connectivity index (χ1v) is 9.18. The predicted molar refractivity (Wildman–Crippen MR) is 98.1 cm³/mol. The van der Waals surface area contributed by atoms with E-state index in [0.29, 0.717) is 23.5 Å². The maximum Gasteiger partial charge on any atom is 0.341 e. The van der Waals surface area contributed by atoms with Crippen molar-refractivity contribution in [1.82, 2.24) is 0 Å². The molecule has 25 heavy (non-hydrogen) atoms. The van der Waals surface area contributed by atoms with Crippen LogP contribution in [0.1, 0.15) is 44.5 Å². The van der Waals surface area contributed by atoms with Gasteiger partial charge >= 0.3 is 5.97 Å². The Morgan fingerprint density at radius 2 is 1.96 bits per heavy atom. The number of esters is 1. The fourth-order valence-corrected chi connectivity index (χ4v) is 4.26. The molecular formula is C19H21NO4S. The number of nitrogens with one attached hydrogen (secondary N) is 1. The molecule has 1 aromatic heterocycles. The number of hydrogen-bond donors (Lipinski definition) is 1. The average Bonchev–Trinajstić information content (AvgIpc) is 3.20. The highest BCUT2D eigenvalue weighted by atomic mass is 32.1. The summed E-state index contributed by atoms with van der Waals surface area (Å²) in [6.07, 6.45) is 2.95. The molecule has 2 aromatic rings. The lowest BCUT2D eigenvalue weighted by Gasteiger charge is -2.09. The van der Waals surface area contributed by atoms with E-state index in [4.69, 9.17) is 9.47 Å². The van der Waals surface area contributed by atoms with Gasteiger partial charge in [-0.2, -0.15) is 0 Å². The molecule has 0 spiro atoms. The normalized spacial score (nSPS) is 12.6. The van der Waals surface area contributed by atoms with Crippen LogP contribution in [0.2, 0.25) is 0 Å². The molecule has 1 N–H and O–H groups in total. The maximum absolute atomic E-state index is 12.4. The Kier molecular flexibility index (Phi) is 5.38. The summed E-state index contributed by atoms with van der Waals surface area (Å²) < 4.78 is 10.3. The fraction of sp³-hybridized carbons (Fsp3) is 0.368. The van der Waals surface area contributed by atoms with Crippen LogP contribution in [0.15, 0.2) is 24.3 Å². The monoisotopic (exact) mass is 359 g/mol. The molecule has 0 saturated carbocycles. The Hall–Kier alpha value is -2.34. The van der Waals surface area contributed by atoms with Crippen LogP contribution in [-0.2, 0) is 17.6 Å². The van der Waals surface area contributed by atoms with E-state index in [-0.39, 0.29) is 18.3 Å². The zero-order valence-electron chi connectivity index (χ0n) is 14.4. The van der Waals surface area contributed by atoms with Crippen molar-refractivity contribution < 1.29 is 19.1 Å². The van der Waals surface area contributed by atoms with Gasteiger partial charge in [0.25, 0.3) is 0 Å². The van der Waals surface area contributed by atoms with Crippen molar-refractivity contribution in [3.05, 3.63) is 45.8 Å². The van der Waals surface area contributed by atoms with Crippen LogP contribution < -0.4 is 10.1 Å². The van der Waals surface area contributed by atoms with E-state index in [0.717, 1.165) is 29.8 Å². The predicted octanol–water partition coefficient (Wildman–Crippen LogP) is 3.72. The maximum atomic E-state index is 12.4. The molecule has 0 saturated heterocycles. The molecule has 0 aliphatic heterocycles. The van der Waals surface area contributed by atoms with Gasteiger partial charge in [0, 0.05) is 10.4 Å². The number of rotatable bonds is 7. The highest BCUT2D eigenvalue weighted by Gasteiger charge is 2.27. The summed E-state index contributed by atoms with van der Waals surface area (Å²) in [6, 6.07) is 7.00. The van der Waals surface area contributed by atoms with E-state index >= 15 is 0 Å². The Morgan fingerprint density at radius 3 is 2.64 bits per heavy atom. The summed E-state index contributed by atoms with van der Waals surface area (Å²) in [7, 11) is 1.59. The molecule has 1 heterocycles. The van der Waals surface area contributed by atoms with Gasteiger partial charge in [-0.1, -0.05) is 0 Å². The first-order chi connectivity index (χ1) is 12.1. The summed E-state index contributed by atoms with van der Waals surface area (Å²) in [6.45, 7) is 2.27. The second kappa shape index (κ2) is 7.70. The number of ketones is 1. The second-order valence-electron chi connectivity index (χ2n) is 5.79. The van der Waals surface area contributed by atoms with Crippen molar-refractivity contribution in [2.45, 2.75) is 26.2 Å². The summed E-state index contributed by atoms with van der Waals surface area (Å²) in [5.41, 5.74) is 2.31. The topological polar surface area (TPSA) is 64.6 Å². The van der Waals surface area contributed by atoms with Gasteiger partial charge in [-0.15, -0.1) is 11.3 Å². The van der Waals surface area contributed by atoms with E-state index in [9.17, 15) is 9.59 Å². The van der Waals surface area contributed by atoms with E-state index < -0.39 is 0 Å². The SMILES string of the molecule is CCOC(=O)c1c(NCC(=O)c2ccc(OC)cc2)sc2c1CCC2. The van der Waals surface area contributed by atoms with Crippen LogP contribution >= 0.6 is 11.3 Å². The molecule has 0 fully saturated rings. The highest BCUT2D eigenvalue weighted by Crippen LogP contribution is 2.39. The van der Waals surface area contributed by atoms with Gasteiger partial charge in [0.2, 0.25) is 0 Å². The molecule has 0 unspecified atom stereocenters. The van der Waals surface area contributed by atoms with Gasteiger partial charge in [0.15, 0.2) is 5.78 Å². The standard InChI is InChI=1S/C19H21NO4S/c1-3-24-19(22)17-14-5-4-6-16(14)25-18(17)20-11-15(21)12-7-9-13(23-2)10-8-12/h7-10,20H,3-6,11H2,1-2H3. The minimum absolute atomic E-state index is 0.0361. The smallest absolute Gasteiger partial charge is 0.341 e. The van der Waals surface area contributed by atoms with Crippen LogP contribution in [0.25, 0.3) is 0 Å². The van der Waals surface area contributed by atoms with Gasteiger partial charge in [-0.25, -0.2) is 4.79 Å². The zero-order chi connectivity index (χ0) is 17.8. The molecule has 1 aliphatic carbocycles. The van der Waals surface area contributed by atoms with Crippen molar-refractivity contribution in [1.29, 1.82) is 0 Å². The van der Waals surface area contributed by atoms with Crippen molar-refractivity contribution in [3.63, 3.8) is 0 Å². The van der Waals surface area contributed by atoms with Gasteiger partial charge in [-0.05, 0) is 56.0 Å². The number of aryl methyl sites for hydroxylation is 1. The van der Waals surface area contributed by atoms with Crippen LogP contribution in [-0.4, -0.2) is 32.0 Å². The lowest BCUT2D eigenvalue weighted by molar-refractivity contribution is 0.0526. The lowest BCUT2D eigenvalue weighted by atomic mass is 10.1. The minimum atomic E-state index is -0.304. The number of ether oxygens (including phenoxy) is 2. The number of benzene rings is 1. The van der Waals surface area contributed by atoms with Crippen LogP contribution in [0.3, 0.4) is 0 Å². The fourth-order valence-electron chi connectivity index (χ4n) is 2.99. The molecule has 0 bridgehead atoms. The van der Waals surface area contributed by atoms with Crippen LogP contribution in [0, 0.1) is 0 Å². The third-order valence-corrected chi connectivity index (χ3v) is 5.47. The number of Topliss-reactive ketones (excluding diaryl/α,β-unsaturated/α-hetero) is 1. The summed E-state index contributed by atoms with van der Waals surface area (Å²) in [5, 5.41) is 3.89. The number of carbonyl (C=O) groups is 2. The first kappa shape index (κ1) is 17.5. The molecule has 3 rings (SSSR count). The van der Waals surface area contributed by atoms with Crippen LogP contribution in [0.5, 0.6) is 5.75 Å². The summed E-state index contributed by atoms with van der Waals surface area (Å²) in [5.74, 6) is 0.371. The number of carbonyl (C=O) groups excluding carboxylic acids is 2. The number of fused-ring (bicyclic) bond motifs is 1. The van der Waals surface area contributed by atoms with Crippen molar-refractivity contribution >= 4 is 28.1 Å². The van der Waals surface area contributed by atoms with Crippen molar-refractivity contribution in [3.8, 4) is 5.75 Å². The van der Waals surface area contributed by atoms with E-state index in [1.165, 1.54) is 4.88 Å².